The third-order valence-corrected chi connectivity index (χ3v) is 5.11. The molecule has 1 N–H and O–H groups in total. The zero-order chi connectivity index (χ0) is 20.1. The Labute approximate surface area is 162 Å². The molecule has 1 aliphatic heterocycles. The molecule has 152 valence electrons. The molecule has 1 aromatic heterocycles. The normalized spacial score (nSPS) is 15.2. The summed E-state index contributed by atoms with van der Waals surface area (Å²) in [5.74, 6) is 0.588. The van der Waals surface area contributed by atoms with Gasteiger partial charge in [0.25, 0.3) is 5.91 Å². The van der Waals surface area contributed by atoms with E-state index in [4.69, 9.17) is 0 Å². The highest BCUT2D eigenvalue weighted by atomic mass is 19.3. The Morgan fingerprint density at radius 3 is 2.57 bits per heavy atom. The average molecular weight is 393 g/mol. The first-order valence-corrected chi connectivity index (χ1v) is 9.41. The van der Waals surface area contributed by atoms with Crippen molar-refractivity contribution < 1.29 is 18.3 Å². The first-order valence-electron chi connectivity index (χ1n) is 9.41. The monoisotopic (exact) mass is 393 g/mol. The lowest BCUT2D eigenvalue weighted by Crippen LogP contribution is -2.39. The molecule has 0 atom stereocenters. The molecule has 0 saturated carbocycles. The van der Waals surface area contributed by atoms with E-state index in [0.29, 0.717) is 23.0 Å². The van der Waals surface area contributed by atoms with Crippen molar-refractivity contribution in [2.24, 2.45) is 5.92 Å². The van der Waals surface area contributed by atoms with Crippen molar-refractivity contribution in [2.75, 3.05) is 26.7 Å². The van der Waals surface area contributed by atoms with Gasteiger partial charge in [0, 0.05) is 13.1 Å². The third-order valence-electron chi connectivity index (χ3n) is 5.11. The zero-order valence-electron chi connectivity index (χ0n) is 16.1. The molecule has 1 aromatic carbocycles. The van der Waals surface area contributed by atoms with Crippen molar-refractivity contribution in [3.05, 3.63) is 35.7 Å². The van der Waals surface area contributed by atoms with Gasteiger partial charge < -0.3 is 15.0 Å². The Morgan fingerprint density at radius 1 is 1.29 bits per heavy atom. The van der Waals surface area contributed by atoms with Crippen LogP contribution in [0.2, 0.25) is 0 Å². The lowest BCUT2D eigenvalue weighted by atomic mass is 9.93. The summed E-state index contributed by atoms with van der Waals surface area (Å²) in [6.45, 7) is 1.34. The Bertz CT molecular complexity index is 786. The fourth-order valence-corrected chi connectivity index (χ4v) is 3.46. The maximum absolute atomic E-state index is 12.9. The van der Waals surface area contributed by atoms with Crippen molar-refractivity contribution in [2.45, 2.75) is 32.8 Å². The molecule has 1 fully saturated rings. The molecule has 1 saturated heterocycles. The smallest absolute Gasteiger partial charge is 0.387 e. The minimum Gasteiger partial charge on any atom is -0.435 e. The number of nitrogens with zero attached hydrogens (tertiary/aromatic N) is 4. The maximum Gasteiger partial charge on any atom is 0.387 e. The second-order valence-electron chi connectivity index (χ2n) is 6.94. The summed E-state index contributed by atoms with van der Waals surface area (Å²) < 4.78 is 30.4. The van der Waals surface area contributed by atoms with Gasteiger partial charge in [-0.15, -0.1) is 5.10 Å². The van der Waals surface area contributed by atoms with Crippen LogP contribution in [0.3, 0.4) is 0 Å². The summed E-state index contributed by atoms with van der Waals surface area (Å²) >= 11 is 0. The van der Waals surface area contributed by atoms with Gasteiger partial charge in [-0.1, -0.05) is 5.21 Å². The van der Waals surface area contributed by atoms with Crippen LogP contribution in [0.1, 0.15) is 35.4 Å². The molecule has 3 rings (SSSR count). The van der Waals surface area contributed by atoms with Gasteiger partial charge in [0.15, 0.2) is 5.69 Å². The van der Waals surface area contributed by atoms with Gasteiger partial charge in [-0.05, 0) is 70.0 Å². The van der Waals surface area contributed by atoms with Gasteiger partial charge in [-0.25, -0.2) is 4.68 Å². The topological polar surface area (TPSA) is 72.3 Å². The highest BCUT2D eigenvalue weighted by molar-refractivity contribution is 5.93. The number of alkyl halides is 2. The summed E-state index contributed by atoms with van der Waals surface area (Å²) in [6.07, 6.45) is 3.11. The number of hydrogen-bond donors (Lipinski definition) is 1. The number of carbonyl (C=O) groups is 1. The zero-order valence-corrected chi connectivity index (χ0v) is 16.1. The molecule has 7 nitrogen and oxygen atoms in total. The van der Waals surface area contributed by atoms with Crippen LogP contribution in [0.15, 0.2) is 24.3 Å². The van der Waals surface area contributed by atoms with Crippen LogP contribution in [0.5, 0.6) is 5.75 Å². The standard InChI is InChI=1S/C19H25F2N5O2/c1-13-17(18(27)25-11-8-14(9-12-25)7-10-22-2)23-24-26(13)15-3-5-16(6-4-15)28-19(20)21/h3-6,14,19,22H,7-12H2,1-2H3. The van der Waals surface area contributed by atoms with Crippen LogP contribution in [0.25, 0.3) is 5.69 Å². The lowest BCUT2D eigenvalue weighted by molar-refractivity contribution is -0.0498. The molecule has 9 heteroatoms. The van der Waals surface area contributed by atoms with Crippen molar-refractivity contribution in [1.29, 1.82) is 0 Å². The van der Waals surface area contributed by atoms with Crippen LogP contribution >= 0.6 is 0 Å². The SMILES string of the molecule is CNCCC1CCN(C(=O)c2nnn(-c3ccc(OC(F)F)cc3)c2C)CC1. The van der Waals surface area contributed by atoms with Crippen molar-refractivity contribution in [3.8, 4) is 11.4 Å². The molecule has 0 aliphatic carbocycles. The molecule has 2 heterocycles. The number of benzene rings is 1. The van der Waals surface area contributed by atoms with E-state index in [1.807, 2.05) is 11.9 Å². The second-order valence-corrected chi connectivity index (χ2v) is 6.94. The van der Waals surface area contributed by atoms with Crippen molar-refractivity contribution in [1.82, 2.24) is 25.2 Å². The number of rotatable bonds is 7. The molecular weight excluding hydrogens is 368 g/mol. The molecule has 0 bridgehead atoms. The van der Waals surface area contributed by atoms with Crippen LogP contribution < -0.4 is 10.1 Å². The fourth-order valence-electron chi connectivity index (χ4n) is 3.46. The van der Waals surface area contributed by atoms with Gasteiger partial charge >= 0.3 is 6.61 Å². The quantitative estimate of drug-likeness (QED) is 0.783. The van der Waals surface area contributed by atoms with Gasteiger partial charge in [-0.2, -0.15) is 8.78 Å². The average Bonchev–Trinajstić information content (AvgIpc) is 3.08. The van der Waals surface area contributed by atoms with Gasteiger partial charge in [0.2, 0.25) is 0 Å². The number of halogens is 2. The van der Waals surface area contributed by atoms with Gasteiger partial charge in [0.1, 0.15) is 5.75 Å². The minimum absolute atomic E-state index is 0.0639. The number of nitrogens with one attached hydrogen (secondary N) is 1. The molecule has 0 spiro atoms. The summed E-state index contributed by atoms with van der Waals surface area (Å²) in [4.78, 5) is 14.7. The number of carbonyl (C=O) groups excluding carboxylic acids is 1. The first kappa shape index (κ1) is 20.2. The first-order chi connectivity index (χ1) is 13.5. The van der Waals surface area contributed by atoms with E-state index in [9.17, 15) is 13.6 Å². The largest absolute Gasteiger partial charge is 0.435 e. The van der Waals surface area contributed by atoms with E-state index in [1.54, 1.807) is 19.1 Å². The Balaban J connectivity index is 1.66. The third kappa shape index (κ3) is 4.64. The van der Waals surface area contributed by atoms with E-state index in [0.717, 1.165) is 38.9 Å². The van der Waals surface area contributed by atoms with E-state index < -0.39 is 6.61 Å². The number of piperidine rings is 1. The van der Waals surface area contributed by atoms with Crippen molar-refractivity contribution >= 4 is 5.91 Å². The number of hydrogen-bond acceptors (Lipinski definition) is 5. The number of ether oxygens (including phenoxy) is 1. The lowest BCUT2D eigenvalue weighted by Gasteiger charge is -2.31. The van der Waals surface area contributed by atoms with Crippen molar-refractivity contribution in [3.63, 3.8) is 0 Å². The number of amides is 1. The van der Waals surface area contributed by atoms with Crippen LogP contribution in [-0.4, -0.2) is 59.1 Å². The predicted molar refractivity (Wildman–Crippen MR) is 99.9 cm³/mol. The molecule has 0 unspecified atom stereocenters. The second kappa shape index (κ2) is 9.09. The molecule has 1 amide bonds. The summed E-state index contributed by atoms with van der Waals surface area (Å²) in [5.41, 5.74) is 1.56. The summed E-state index contributed by atoms with van der Waals surface area (Å²) in [7, 11) is 1.95. The minimum atomic E-state index is -2.87. The predicted octanol–water partition coefficient (Wildman–Crippen LogP) is 2.64. The number of likely N-dealkylation sites (tertiary alicyclic amines) is 1. The van der Waals surface area contributed by atoms with Crippen LogP contribution in [-0.2, 0) is 0 Å². The summed E-state index contributed by atoms with van der Waals surface area (Å²) in [6, 6.07) is 6.06. The molecule has 0 radical (unpaired) electrons. The van der Waals surface area contributed by atoms with E-state index in [-0.39, 0.29) is 11.7 Å². The highest BCUT2D eigenvalue weighted by Gasteiger charge is 2.27. The van der Waals surface area contributed by atoms with Gasteiger partial charge in [0.05, 0.1) is 11.4 Å². The Kier molecular flexibility index (Phi) is 6.56. The summed E-state index contributed by atoms with van der Waals surface area (Å²) in [5, 5.41) is 11.3. The molecular formula is C19H25F2N5O2. The molecule has 1 aliphatic rings. The molecule has 28 heavy (non-hydrogen) atoms. The van der Waals surface area contributed by atoms with Gasteiger partial charge in [-0.3, -0.25) is 4.79 Å². The van der Waals surface area contributed by atoms with E-state index in [2.05, 4.69) is 20.4 Å². The van der Waals surface area contributed by atoms with Crippen LogP contribution in [0, 0.1) is 12.8 Å². The fraction of sp³-hybridized carbons (Fsp3) is 0.526. The number of aromatic nitrogens is 3. The Morgan fingerprint density at radius 2 is 1.96 bits per heavy atom. The van der Waals surface area contributed by atoms with Crippen LogP contribution in [0.4, 0.5) is 8.78 Å². The maximum atomic E-state index is 12.9. The molecule has 2 aromatic rings. The van der Waals surface area contributed by atoms with E-state index >= 15 is 0 Å². The Hall–Kier alpha value is -2.55. The van der Waals surface area contributed by atoms with E-state index in [1.165, 1.54) is 16.8 Å². The highest BCUT2D eigenvalue weighted by Crippen LogP contribution is 2.23.